The smallest absolute Gasteiger partial charge is 0.315 e. The van der Waals surface area contributed by atoms with Gasteiger partial charge in [-0.15, -0.1) is 11.3 Å². The molecule has 3 amide bonds. The summed E-state index contributed by atoms with van der Waals surface area (Å²) in [5, 5.41) is 8.98. The number of hydrogen-bond donors (Lipinski definition) is 2. The lowest BCUT2D eigenvalue weighted by Gasteiger charge is -2.32. The molecular weight excluding hydrogens is 384 g/mol. The summed E-state index contributed by atoms with van der Waals surface area (Å²) in [6.07, 6.45) is 1.52. The lowest BCUT2D eigenvalue weighted by Crippen LogP contribution is -2.49. The van der Waals surface area contributed by atoms with Crippen molar-refractivity contribution < 1.29 is 9.59 Å². The number of piperidine rings is 1. The zero-order valence-electron chi connectivity index (χ0n) is 17.6. The van der Waals surface area contributed by atoms with Crippen LogP contribution in [0.5, 0.6) is 0 Å². The molecule has 7 heteroatoms. The van der Waals surface area contributed by atoms with Crippen molar-refractivity contribution in [2.45, 2.75) is 58.5 Å². The fourth-order valence-corrected chi connectivity index (χ4v) is 4.15. The van der Waals surface area contributed by atoms with E-state index >= 15 is 0 Å². The van der Waals surface area contributed by atoms with Crippen molar-refractivity contribution in [3.63, 3.8) is 0 Å². The third kappa shape index (κ3) is 5.79. The van der Waals surface area contributed by atoms with E-state index in [-0.39, 0.29) is 23.4 Å². The number of carbonyl (C=O) groups is 2. The fraction of sp³-hybridized carbons (Fsp3) is 0.500. The highest BCUT2D eigenvalue weighted by Crippen LogP contribution is 2.25. The maximum Gasteiger partial charge on any atom is 0.315 e. The number of thiazole rings is 1. The minimum atomic E-state index is -0.182. The van der Waals surface area contributed by atoms with Crippen LogP contribution in [0.3, 0.4) is 0 Å². The Hall–Kier alpha value is -2.41. The maximum atomic E-state index is 12.6. The van der Waals surface area contributed by atoms with Crippen LogP contribution in [0.15, 0.2) is 29.6 Å². The van der Waals surface area contributed by atoms with Gasteiger partial charge in [-0.05, 0) is 31.9 Å². The summed E-state index contributed by atoms with van der Waals surface area (Å²) in [6.45, 7) is 10.1. The monoisotopic (exact) mass is 414 g/mol. The molecule has 0 spiro atoms. The molecule has 1 aromatic heterocycles. The molecule has 0 saturated carbocycles. The first-order chi connectivity index (χ1) is 13.7. The van der Waals surface area contributed by atoms with Crippen LogP contribution in [0.4, 0.5) is 4.79 Å². The van der Waals surface area contributed by atoms with Crippen LogP contribution in [0.25, 0.3) is 0 Å². The highest BCUT2D eigenvalue weighted by Gasteiger charge is 2.24. The molecule has 1 aromatic carbocycles. The van der Waals surface area contributed by atoms with Gasteiger partial charge in [0, 0.05) is 35.5 Å². The van der Waals surface area contributed by atoms with Gasteiger partial charge in [-0.1, -0.05) is 38.5 Å². The van der Waals surface area contributed by atoms with Crippen molar-refractivity contribution >= 4 is 23.3 Å². The molecule has 29 heavy (non-hydrogen) atoms. The molecule has 2 N–H and O–H groups in total. The molecule has 3 rings (SSSR count). The molecule has 1 saturated heterocycles. The predicted octanol–water partition coefficient (Wildman–Crippen LogP) is 3.85. The molecule has 1 aliphatic heterocycles. The number of rotatable bonds is 4. The molecule has 0 bridgehead atoms. The topological polar surface area (TPSA) is 74.3 Å². The van der Waals surface area contributed by atoms with Gasteiger partial charge in [0.05, 0.1) is 17.2 Å². The Morgan fingerprint density at radius 3 is 2.41 bits per heavy atom. The van der Waals surface area contributed by atoms with E-state index in [9.17, 15) is 9.59 Å². The summed E-state index contributed by atoms with van der Waals surface area (Å²) in [5.41, 5.74) is 2.77. The molecule has 2 aromatic rings. The Kier molecular flexibility index (Phi) is 6.57. The van der Waals surface area contributed by atoms with Gasteiger partial charge in [0.1, 0.15) is 0 Å². The van der Waals surface area contributed by atoms with Crippen LogP contribution in [0, 0.1) is 6.92 Å². The number of urea groups is 1. The zero-order valence-corrected chi connectivity index (χ0v) is 18.4. The van der Waals surface area contributed by atoms with Gasteiger partial charge in [-0.3, -0.25) is 4.79 Å². The minimum Gasteiger partial charge on any atom is -0.338 e. The van der Waals surface area contributed by atoms with E-state index in [2.05, 4.69) is 36.4 Å². The van der Waals surface area contributed by atoms with Crippen LogP contribution >= 0.6 is 11.3 Å². The average molecular weight is 415 g/mol. The van der Waals surface area contributed by atoms with E-state index in [1.54, 1.807) is 11.3 Å². The van der Waals surface area contributed by atoms with Crippen LogP contribution in [0.1, 0.15) is 60.2 Å². The van der Waals surface area contributed by atoms with Gasteiger partial charge in [-0.25, -0.2) is 9.78 Å². The Morgan fingerprint density at radius 2 is 1.83 bits per heavy atom. The number of likely N-dealkylation sites (tertiary alicyclic amines) is 1. The lowest BCUT2D eigenvalue weighted by molar-refractivity contribution is 0.0708. The zero-order chi connectivity index (χ0) is 21.0. The SMILES string of the molecule is Cc1ccc(C(=O)N2CCC(NC(=O)NCc3csc(C(C)(C)C)n3)CC2)cc1. The minimum absolute atomic E-state index is 0.0230. The highest BCUT2D eigenvalue weighted by molar-refractivity contribution is 7.09. The van der Waals surface area contributed by atoms with E-state index in [0.717, 1.165) is 34.7 Å². The number of aryl methyl sites for hydroxylation is 1. The van der Waals surface area contributed by atoms with Crippen molar-refractivity contribution in [3.05, 3.63) is 51.5 Å². The van der Waals surface area contributed by atoms with Crippen LogP contribution in [-0.2, 0) is 12.0 Å². The van der Waals surface area contributed by atoms with Crippen LogP contribution < -0.4 is 10.6 Å². The molecule has 0 aliphatic carbocycles. The molecule has 6 nitrogen and oxygen atoms in total. The van der Waals surface area contributed by atoms with Crippen molar-refractivity contribution in [1.29, 1.82) is 0 Å². The summed E-state index contributed by atoms with van der Waals surface area (Å²) < 4.78 is 0. The second-order valence-corrected chi connectivity index (χ2v) is 9.51. The van der Waals surface area contributed by atoms with Gasteiger partial charge in [-0.2, -0.15) is 0 Å². The largest absolute Gasteiger partial charge is 0.338 e. The first-order valence-corrected chi connectivity index (χ1v) is 11.0. The molecule has 0 unspecified atom stereocenters. The molecule has 1 fully saturated rings. The summed E-state index contributed by atoms with van der Waals surface area (Å²) in [7, 11) is 0. The number of nitrogens with zero attached hydrogens (tertiary/aromatic N) is 2. The fourth-order valence-electron chi connectivity index (χ4n) is 3.25. The Balaban J connectivity index is 1.42. The van der Waals surface area contributed by atoms with Gasteiger partial charge >= 0.3 is 6.03 Å². The summed E-state index contributed by atoms with van der Waals surface area (Å²) in [4.78, 5) is 31.3. The van der Waals surface area contributed by atoms with Crippen LogP contribution in [-0.4, -0.2) is 41.0 Å². The van der Waals surface area contributed by atoms with E-state index in [1.807, 2.05) is 41.5 Å². The molecule has 0 atom stereocenters. The number of benzene rings is 1. The van der Waals surface area contributed by atoms with Gasteiger partial charge in [0.25, 0.3) is 5.91 Å². The Labute approximate surface area is 176 Å². The third-order valence-electron chi connectivity index (χ3n) is 5.04. The molecule has 0 radical (unpaired) electrons. The molecule has 156 valence electrons. The van der Waals surface area contributed by atoms with Gasteiger partial charge < -0.3 is 15.5 Å². The van der Waals surface area contributed by atoms with Crippen molar-refractivity contribution in [2.75, 3.05) is 13.1 Å². The number of carbonyl (C=O) groups excluding carboxylic acids is 2. The quantitative estimate of drug-likeness (QED) is 0.798. The number of amides is 3. The molecular formula is C22H30N4O2S. The molecule has 2 heterocycles. The van der Waals surface area contributed by atoms with Gasteiger partial charge in [0.15, 0.2) is 0 Å². The Bertz CT molecular complexity index is 846. The normalized spacial score (nSPS) is 15.2. The summed E-state index contributed by atoms with van der Waals surface area (Å²) >= 11 is 1.63. The average Bonchev–Trinajstić information content (AvgIpc) is 3.17. The van der Waals surface area contributed by atoms with Crippen molar-refractivity contribution in [3.8, 4) is 0 Å². The van der Waals surface area contributed by atoms with Crippen molar-refractivity contribution in [2.24, 2.45) is 0 Å². The van der Waals surface area contributed by atoms with Crippen LogP contribution in [0.2, 0.25) is 0 Å². The van der Waals surface area contributed by atoms with Gasteiger partial charge in [0.2, 0.25) is 0 Å². The summed E-state index contributed by atoms with van der Waals surface area (Å²) in [6, 6.07) is 7.56. The van der Waals surface area contributed by atoms with E-state index in [0.29, 0.717) is 19.6 Å². The van der Waals surface area contributed by atoms with E-state index in [4.69, 9.17) is 0 Å². The highest BCUT2D eigenvalue weighted by atomic mass is 32.1. The standard InChI is InChI=1S/C22H30N4O2S/c1-15-5-7-16(8-6-15)19(27)26-11-9-17(10-12-26)25-21(28)23-13-18-14-29-20(24-18)22(2,3)4/h5-8,14,17H,9-13H2,1-4H3,(H2,23,25,28). The molecule has 1 aliphatic rings. The number of aromatic nitrogens is 1. The lowest BCUT2D eigenvalue weighted by atomic mass is 9.98. The number of nitrogens with one attached hydrogen (secondary N) is 2. The first-order valence-electron chi connectivity index (χ1n) is 10.1. The Morgan fingerprint density at radius 1 is 1.17 bits per heavy atom. The number of hydrogen-bond acceptors (Lipinski definition) is 4. The third-order valence-corrected chi connectivity index (χ3v) is 6.36. The second kappa shape index (κ2) is 8.95. The van der Waals surface area contributed by atoms with E-state index < -0.39 is 0 Å². The second-order valence-electron chi connectivity index (χ2n) is 8.65. The maximum absolute atomic E-state index is 12.6. The first kappa shape index (κ1) is 21.3. The van der Waals surface area contributed by atoms with Crippen molar-refractivity contribution in [1.82, 2.24) is 20.5 Å². The van der Waals surface area contributed by atoms with E-state index in [1.165, 1.54) is 0 Å². The predicted molar refractivity (Wildman–Crippen MR) is 116 cm³/mol. The summed E-state index contributed by atoms with van der Waals surface area (Å²) in [5.74, 6) is 0.0612.